The van der Waals surface area contributed by atoms with Crippen molar-refractivity contribution in [2.45, 2.75) is 4.90 Å². The van der Waals surface area contributed by atoms with Crippen molar-refractivity contribution in [3.05, 3.63) is 78.4 Å². The molecule has 8 heteroatoms. The molecule has 1 amide bonds. The molecule has 3 rings (SSSR count). The molecule has 2 aromatic heterocycles. The quantitative estimate of drug-likeness (QED) is 0.430. The second-order valence-corrected chi connectivity index (χ2v) is 5.91. The molecule has 0 aliphatic rings. The predicted octanol–water partition coefficient (Wildman–Crippen LogP) is 1.87. The van der Waals surface area contributed by atoms with E-state index in [2.05, 4.69) is 15.5 Å². The number of nitrogens with one attached hydrogen (secondary N) is 1. The normalized spacial score (nSPS) is 12.2. The Kier molecular flexibility index (Phi) is 5.12. The Morgan fingerprint density at radius 2 is 1.88 bits per heavy atom. The number of hydrogen-bond donors (Lipinski definition) is 1. The van der Waals surface area contributed by atoms with Crippen LogP contribution in [0, 0.1) is 0 Å². The van der Waals surface area contributed by atoms with E-state index < -0.39 is 11.1 Å². The van der Waals surface area contributed by atoms with Crippen LogP contribution in [0.2, 0.25) is 0 Å². The Morgan fingerprint density at radius 1 is 1.16 bits per heavy atom. The van der Waals surface area contributed by atoms with Crippen LogP contribution in [0.3, 0.4) is 0 Å². The summed E-state index contributed by atoms with van der Waals surface area (Å²) in [6.07, 6.45) is 6.39. The van der Waals surface area contributed by atoms with Crippen LogP contribution in [0.5, 0.6) is 0 Å². The van der Waals surface area contributed by atoms with Crippen molar-refractivity contribution in [3.63, 3.8) is 0 Å². The molecular formula is C17H13N4O3S-. The van der Waals surface area contributed by atoms with Crippen molar-refractivity contribution in [2.24, 2.45) is 5.10 Å². The monoisotopic (exact) mass is 353 g/mol. The van der Waals surface area contributed by atoms with Gasteiger partial charge in [-0.3, -0.25) is 14.0 Å². The molecular weight excluding hydrogens is 340 g/mol. The number of pyridine rings is 1. The lowest BCUT2D eigenvalue weighted by Gasteiger charge is -2.09. The molecule has 0 bridgehead atoms. The summed E-state index contributed by atoms with van der Waals surface area (Å²) in [5, 5.41) is 3.96. The maximum Gasteiger partial charge on any atom is 0.271 e. The first-order valence-corrected chi connectivity index (χ1v) is 8.33. The van der Waals surface area contributed by atoms with Gasteiger partial charge in [-0.1, -0.05) is 0 Å². The SMILES string of the molecule is O=C(NN=Cc1cccn1-c1ccc(S(=O)[O-])cc1)c1ccncc1. The first kappa shape index (κ1) is 16.7. The van der Waals surface area contributed by atoms with E-state index in [0.29, 0.717) is 5.56 Å². The summed E-state index contributed by atoms with van der Waals surface area (Å²) < 4.78 is 23.7. The Morgan fingerprint density at radius 3 is 2.56 bits per heavy atom. The maximum atomic E-state index is 11.9. The van der Waals surface area contributed by atoms with Crippen LogP contribution in [-0.2, 0) is 11.1 Å². The van der Waals surface area contributed by atoms with E-state index in [4.69, 9.17) is 0 Å². The van der Waals surface area contributed by atoms with Gasteiger partial charge in [-0.25, -0.2) is 5.43 Å². The highest BCUT2D eigenvalue weighted by Crippen LogP contribution is 2.14. The van der Waals surface area contributed by atoms with Crippen LogP contribution in [0.1, 0.15) is 16.1 Å². The summed E-state index contributed by atoms with van der Waals surface area (Å²) in [4.78, 5) is 16.0. The van der Waals surface area contributed by atoms with Crippen LogP contribution in [0.15, 0.2) is 77.1 Å². The lowest BCUT2D eigenvalue weighted by atomic mass is 10.3. The van der Waals surface area contributed by atoms with E-state index in [9.17, 15) is 13.6 Å². The molecule has 0 spiro atoms. The molecule has 0 saturated carbocycles. The number of benzene rings is 1. The molecule has 1 N–H and O–H groups in total. The zero-order valence-corrected chi connectivity index (χ0v) is 13.7. The van der Waals surface area contributed by atoms with Crippen molar-refractivity contribution in [3.8, 4) is 5.69 Å². The highest BCUT2D eigenvalue weighted by atomic mass is 32.2. The Bertz CT molecular complexity index is 921. The van der Waals surface area contributed by atoms with E-state index in [1.165, 1.54) is 30.7 Å². The number of rotatable bonds is 5. The largest absolute Gasteiger partial charge is 0.768 e. The molecule has 1 aromatic carbocycles. The smallest absolute Gasteiger partial charge is 0.271 e. The van der Waals surface area contributed by atoms with Gasteiger partial charge in [-0.2, -0.15) is 5.10 Å². The van der Waals surface area contributed by atoms with Gasteiger partial charge in [0, 0.05) is 34.7 Å². The molecule has 7 nitrogen and oxygen atoms in total. The van der Waals surface area contributed by atoms with Crippen molar-refractivity contribution in [1.29, 1.82) is 0 Å². The average Bonchev–Trinajstić information content (AvgIpc) is 3.11. The first-order chi connectivity index (χ1) is 12.1. The number of amides is 1. The lowest BCUT2D eigenvalue weighted by molar-refractivity contribution is 0.0955. The number of aromatic nitrogens is 2. The average molecular weight is 353 g/mol. The summed E-state index contributed by atoms with van der Waals surface area (Å²) in [7, 11) is 0. The predicted molar refractivity (Wildman–Crippen MR) is 92.3 cm³/mol. The number of hydrazone groups is 1. The van der Waals surface area contributed by atoms with Gasteiger partial charge in [-0.15, -0.1) is 0 Å². The Balaban J connectivity index is 1.73. The molecule has 1 unspecified atom stereocenters. The summed E-state index contributed by atoms with van der Waals surface area (Å²) in [5.74, 6) is -0.334. The fourth-order valence-corrected chi connectivity index (χ4v) is 2.54. The van der Waals surface area contributed by atoms with E-state index in [-0.39, 0.29) is 10.8 Å². The standard InChI is InChI=1S/C17H14N4O3S/c22-17(13-7-9-18-10-8-13)20-19-12-15-2-1-11-21(15)14-3-5-16(6-4-14)25(23)24/h1-12H,(H,20,22)(H,23,24)/p-1. The molecule has 25 heavy (non-hydrogen) atoms. The molecule has 126 valence electrons. The van der Waals surface area contributed by atoms with E-state index >= 15 is 0 Å². The minimum atomic E-state index is -2.26. The fourth-order valence-electron chi connectivity index (χ4n) is 2.18. The maximum absolute atomic E-state index is 11.9. The van der Waals surface area contributed by atoms with Gasteiger partial charge >= 0.3 is 0 Å². The van der Waals surface area contributed by atoms with Gasteiger partial charge in [0.1, 0.15) is 0 Å². The molecule has 1 atom stereocenters. The summed E-state index contributed by atoms with van der Waals surface area (Å²) in [6, 6.07) is 13.3. The van der Waals surface area contributed by atoms with Crippen molar-refractivity contribution in [1.82, 2.24) is 15.0 Å². The van der Waals surface area contributed by atoms with Gasteiger partial charge in [0.15, 0.2) is 0 Å². The van der Waals surface area contributed by atoms with E-state index in [0.717, 1.165) is 11.4 Å². The van der Waals surface area contributed by atoms with Gasteiger partial charge in [-0.05, 0) is 59.6 Å². The third-order valence-electron chi connectivity index (χ3n) is 3.39. The number of nitrogens with zero attached hydrogens (tertiary/aromatic N) is 3. The van der Waals surface area contributed by atoms with Gasteiger partial charge in [0.2, 0.25) is 0 Å². The van der Waals surface area contributed by atoms with Gasteiger partial charge < -0.3 is 9.12 Å². The minimum Gasteiger partial charge on any atom is -0.768 e. The number of carbonyl (C=O) groups excluding carboxylic acids is 1. The van der Waals surface area contributed by atoms with E-state index in [1.807, 2.05) is 22.9 Å². The Labute approximate surface area is 146 Å². The first-order valence-electron chi connectivity index (χ1n) is 7.25. The zero-order valence-electron chi connectivity index (χ0n) is 12.9. The van der Waals surface area contributed by atoms with E-state index in [1.54, 1.807) is 24.3 Å². The van der Waals surface area contributed by atoms with Crippen LogP contribution >= 0.6 is 0 Å². The lowest BCUT2D eigenvalue weighted by Crippen LogP contribution is -2.17. The highest BCUT2D eigenvalue weighted by molar-refractivity contribution is 7.79. The summed E-state index contributed by atoms with van der Waals surface area (Å²) in [5.41, 5.74) is 4.42. The molecule has 0 saturated heterocycles. The topological polar surface area (TPSA) is 99.4 Å². The van der Waals surface area contributed by atoms with Crippen LogP contribution in [-0.4, -0.2) is 30.4 Å². The van der Waals surface area contributed by atoms with Crippen LogP contribution in [0.4, 0.5) is 0 Å². The molecule has 0 radical (unpaired) electrons. The molecule has 0 fully saturated rings. The second-order valence-electron chi connectivity index (χ2n) is 4.97. The molecule has 2 heterocycles. The fraction of sp³-hybridized carbons (Fsp3) is 0. The minimum absolute atomic E-state index is 0.218. The molecule has 3 aromatic rings. The molecule has 0 aliphatic carbocycles. The van der Waals surface area contributed by atoms with Gasteiger partial charge in [0.05, 0.1) is 11.9 Å². The third kappa shape index (κ3) is 4.06. The molecule has 0 aliphatic heterocycles. The Hall–Kier alpha value is -3.10. The van der Waals surface area contributed by atoms with Crippen LogP contribution < -0.4 is 5.43 Å². The summed E-state index contributed by atoms with van der Waals surface area (Å²) >= 11 is -2.26. The van der Waals surface area contributed by atoms with Crippen LogP contribution in [0.25, 0.3) is 5.69 Å². The van der Waals surface area contributed by atoms with Crippen molar-refractivity contribution in [2.75, 3.05) is 0 Å². The number of carbonyl (C=O) groups is 1. The van der Waals surface area contributed by atoms with Crippen molar-refractivity contribution >= 4 is 23.2 Å². The third-order valence-corrected chi connectivity index (χ3v) is 4.05. The second kappa shape index (κ2) is 7.65. The van der Waals surface area contributed by atoms with Crippen molar-refractivity contribution < 1.29 is 13.6 Å². The summed E-state index contributed by atoms with van der Waals surface area (Å²) in [6.45, 7) is 0. The van der Waals surface area contributed by atoms with Gasteiger partial charge in [0.25, 0.3) is 5.91 Å². The number of hydrogen-bond acceptors (Lipinski definition) is 5. The zero-order chi connectivity index (χ0) is 17.6. The highest BCUT2D eigenvalue weighted by Gasteiger charge is 2.04.